The Morgan fingerprint density at radius 2 is 2.19 bits per heavy atom. The van der Waals surface area contributed by atoms with E-state index in [2.05, 4.69) is 19.2 Å². The number of hydrogen-bond acceptors (Lipinski definition) is 2. The molecule has 0 atom stereocenters. The van der Waals surface area contributed by atoms with Crippen LogP contribution in [0.15, 0.2) is 23.1 Å². The van der Waals surface area contributed by atoms with Crippen LogP contribution in [0, 0.1) is 12.8 Å². The van der Waals surface area contributed by atoms with Crippen molar-refractivity contribution in [2.45, 2.75) is 33.7 Å². The van der Waals surface area contributed by atoms with Crippen molar-refractivity contribution in [1.29, 1.82) is 0 Å². The van der Waals surface area contributed by atoms with Gasteiger partial charge in [0.25, 0.3) is 5.56 Å². The highest BCUT2D eigenvalue weighted by Crippen LogP contribution is 1.93. The molecule has 1 N–H and O–H groups in total. The van der Waals surface area contributed by atoms with E-state index in [1.165, 1.54) is 0 Å². The number of nitrogens with zero attached hydrogens (tertiary/aromatic N) is 1. The molecule has 1 heterocycles. The number of hydrogen-bond donors (Lipinski definition) is 1. The summed E-state index contributed by atoms with van der Waals surface area (Å²) in [6.45, 7) is 9.14. The van der Waals surface area contributed by atoms with Gasteiger partial charge < -0.3 is 9.88 Å². The van der Waals surface area contributed by atoms with Crippen molar-refractivity contribution in [3.8, 4) is 0 Å². The van der Waals surface area contributed by atoms with Crippen molar-refractivity contribution in [1.82, 2.24) is 9.88 Å². The molecular formula is C13H22N2O. The van der Waals surface area contributed by atoms with Gasteiger partial charge in [0.15, 0.2) is 0 Å². The summed E-state index contributed by atoms with van der Waals surface area (Å²) in [7, 11) is 0. The van der Waals surface area contributed by atoms with Crippen LogP contribution in [0.3, 0.4) is 0 Å². The van der Waals surface area contributed by atoms with Gasteiger partial charge in [-0.3, -0.25) is 4.79 Å². The van der Waals surface area contributed by atoms with Crippen molar-refractivity contribution in [2.75, 3.05) is 13.1 Å². The molecule has 0 saturated carbocycles. The average molecular weight is 222 g/mol. The highest BCUT2D eigenvalue weighted by molar-refractivity contribution is 5.07. The van der Waals surface area contributed by atoms with Crippen LogP contribution < -0.4 is 10.9 Å². The fourth-order valence-corrected chi connectivity index (χ4v) is 1.56. The Balaban J connectivity index is 2.30. The molecule has 0 aliphatic carbocycles. The van der Waals surface area contributed by atoms with E-state index in [-0.39, 0.29) is 5.56 Å². The smallest absolute Gasteiger partial charge is 0.250 e. The molecule has 0 saturated heterocycles. The van der Waals surface area contributed by atoms with Crippen LogP contribution in [-0.4, -0.2) is 17.7 Å². The topological polar surface area (TPSA) is 34.0 Å². The van der Waals surface area contributed by atoms with E-state index in [0.717, 1.165) is 31.6 Å². The molecule has 90 valence electrons. The van der Waals surface area contributed by atoms with Gasteiger partial charge in [0.1, 0.15) is 0 Å². The molecule has 16 heavy (non-hydrogen) atoms. The lowest BCUT2D eigenvalue weighted by atomic mass is 10.2. The van der Waals surface area contributed by atoms with Gasteiger partial charge in [-0.25, -0.2) is 0 Å². The van der Waals surface area contributed by atoms with E-state index in [9.17, 15) is 4.79 Å². The Labute approximate surface area is 97.5 Å². The largest absolute Gasteiger partial charge is 0.316 e. The maximum absolute atomic E-state index is 11.6. The molecular weight excluding hydrogens is 200 g/mol. The van der Waals surface area contributed by atoms with Gasteiger partial charge in [0, 0.05) is 18.8 Å². The van der Waals surface area contributed by atoms with Crippen molar-refractivity contribution < 1.29 is 0 Å². The highest BCUT2D eigenvalue weighted by atomic mass is 16.1. The zero-order chi connectivity index (χ0) is 12.0. The Bertz CT molecular complexity index is 368. The summed E-state index contributed by atoms with van der Waals surface area (Å²) in [5.41, 5.74) is 1.13. The standard InChI is InChI=1S/C13H22N2O/c1-11(2)10-14-6-4-7-15-8-5-12(3)9-13(15)16/h5,8-9,11,14H,4,6-7,10H2,1-3H3. The fraction of sp³-hybridized carbons (Fsp3) is 0.615. The molecule has 0 radical (unpaired) electrons. The van der Waals surface area contributed by atoms with E-state index in [1.54, 1.807) is 10.6 Å². The van der Waals surface area contributed by atoms with Gasteiger partial charge >= 0.3 is 0 Å². The van der Waals surface area contributed by atoms with Gasteiger partial charge in [0.05, 0.1) is 0 Å². The van der Waals surface area contributed by atoms with E-state index in [1.807, 2.05) is 19.2 Å². The third-order valence-electron chi connectivity index (χ3n) is 2.46. The molecule has 0 unspecified atom stereocenters. The van der Waals surface area contributed by atoms with Gasteiger partial charge in [-0.2, -0.15) is 0 Å². The minimum absolute atomic E-state index is 0.101. The lowest BCUT2D eigenvalue weighted by Gasteiger charge is -2.08. The Hall–Kier alpha value is -1.09. The quantitative estimate of drug-likeness (QED) is 0.745. The van der Waals surface area contributed by atoms with Crippen LogP contribution in [0.25, 0.3) is 0 Å². The number of nitrogens with one attached hydrogen (secondary N) is 1. The number of aromatic nitrogens is 1. The second-order valence-electron chi connectivity index (χ2n) is 4.69. The third-order valence-corrected chi connectivity index (χ3v) is 2.46. The van der Waals surface area contributed by atoms with Crippen LogP contribution in [0.5, 0.6) is 0 Å². The fourth-order valence-electron chi connectivity index (χ4n) is 1.56. The molecule has 0 fully saturated rings. The highest BCUT2D eigenvalue weighted by Gasteiger charge is 1.96. The average Bonchev–Trinajstić information content (AvgIpc) is 2.20. The van der Waals surface area contributed by atoms with E-state index >= 15 is 0 Å². The first kappa shape index (κ1) is 13.0. The normalized spacial score (nSPS) is 11.0. The minimum Gasteiger partial charge on any atom is -0.316 e. The molecule has 3 heteroatoms. The Kier molecular flexibility index (Phi) is 5.26. The van der Waals surface area contributed by atoms with Crippen LogP contribution in [-0.2, 0) is 6.54 Å². The SMILES string of the molecule is Cc1ccn(CCCNCC(C)C)c(=O)c1. The van der Waals surface area contributed by atoms with Crippen LogP contribution in [0.2, 0.25) is 0 Å². The van der Waals surface area contributed by atoms with Gasteiger partial charge in [0.2, 0.25) is 0 Å². The first-order valence-electron chi connectivity index (χ1n) is 5.97. The molecule has 0 aromatic carbocycles. The van der Waals surface area contributed by atoms with Crippen LogP contribution in [0.4, 0.5) is 0 Å². The number of rotatable bonds is 6. The lowest BCUT2D eigenvalue weighted by Crippen LogP contribution is -2.24. The molecule has 1 aromatic rings. The second kappa shape index (κ2) is 6.48. The molecule has 3 nitrogen and oxygen atoms in total. The van der Waals surface area contributed by atoms with Crippen molar-refractivity contribution in [3.63, 3.8) is 0 Å². The maximum Gasteiger partial charge on any atom is 0.250 e. The summed E-state index contributed by atoms with van der Waals surface area (Å²) in [6.07, 6.45) is 2.87. The summed E-state index contributed by atoms with van der Waals surface area (Å²) < 4.78 is 1.77. The van der Waals surface area contributed by atoms with Gasteiger partial charge in [-0.15, -0.1) is 0 Å². The molecule has 0 amide bonds. The second-order valence-corrected chi connectivity index (χ2v) is 4.69. The minimum atomic E-state index is 0.101. The van der Waals surface area contributed by atoms with E-state index in [0.29, 0.717) is 5.92 Å². The van der Waals surface area contributed by atoms with Crippen LogP contribution in [0.1, 0.15) is 25.8 Å². The van der Waals surface area contributed by atoms with Crippen molar-refractivity contribution in [2.24, 2.45) is 5.92 Å². The zero-order valence-corrected chi connectivity index (χ0v) is 10.5. The van der Waals surface area contributed by atoms with Crippen molar-refractivity contribution in [3.05, 3.63) is 34.2 Å². The monoisotopic (exact) mass is 222 g/mol. The predicted molar refractivity (Wildman–Crippen MR) is 67.8 cm³/mol. The zero-order valence-electron chi connectivity index (χ0n) is 10.5. The molecule has 1 aromatic heterocycles. The number of pyridine rings is 1. The summed E-state index contributed by atoms with van der Waals surface area (Å²) in [5, 5.41) is 3.37. The molecule has 1 rings (SSSR count). The molecule has 0 aliphatic heterocycles. The first-order valence-corrected chi connectivity index (χ1v) is 5.97. The first-order chi connectivity index (χ1) is 7.59. The molecule has 0 bridgehead atoms. The summed E-state index contributed by atoms with van der Waals surface area (Å²) in [4.78, 5) is 11.6. The molecule has 0 aliphatic rings. The Morgan fingerprint density at radius 1 is 1.44 bits per heavy atom. The number of aryl methyl sites for hydroxylation is 2. The Morgan fingerprint density at radius 3 is 2.81 bits per heavy atom. The van der Waals surface area contributed by atoms with Gasteiger partial charge in [-0.05, 0) is 44.0 Å². The summed E-state index contributed by atoms with van der Waals surface area (Å²) >= 11 is 0. The molecule has 0 spiro atoms. The van der Waals surface area contributed by atoms with E-state index in [4.69, 9.17) is 0 Å². The van der Waals surface area contributed by atoms with Gasteiger partial charge in [-0.1, -0.05) is 13.8 Å². The predicted octanol–water partition coefficient (Wildman–Crippen LogP) is 1.79. The maximum atomic E-state index is 11.6. The van der Waals surface area contributed by atoms with Crippen molar-refractivity contribution >= 4 is 0 Å². The van der Waals surface area contributed by atoms with E-state index < -0.39 is 0 Å². The van der Waals surface area contributed by atoms with Crippen LogP contribution >= 0.6 is 0 Å². The third kappa shape index (κ3) is 4.62. The lowest BCUT2D eigenvalue weighted by molar-refractivity contribution is 0.518. The summed E-state index contributed by atoms with van der Waals surface area (Å²) in [5.74, 6) is 0.682. The summed E-state index contributed by atoms with van der Waals surface area (Å²) in [6, 6.07) is 3.66.